The fraction of sp³-hybridized carbons (Fsp3) is 0.231. The van der Waals surface area contributed by atoms with Crippen molar-refractivity contribution in [3.05, 3.63) is 35.3 Å². The number of amides is 1. The van der Waals surface area contributed by atoms with E-state index in [0.29, 0.717) is 22.9 Å². The summed E-state index contributed by atoms with van der Waals surface area (Å²) in [5.74, 6) is -0.279. The molecule has 7 nitrogen and oxygen atoms in total. The van der Waals surface area contributed by atoms with E-state index in [1.165, 1.54) is 6.20 Å². The van der Waals surface area contributed by atoms with Crippen molar-refractivity contribution in [2.75, 3.05) is 18.5 Å². The van der Waals surface area contributed by atoms with Crippen LogP contribution in [0.25, 0.3) is 0 Å². The number of benzene rings is 1. The van der Waals surface area contributed by atoms with Gasteiger partial charge in [0, 0.05) is 11.8 Å². The van der Waals surface area contributed by atoms with Gasteiger partial charge < -0.3 is 14.8 Å². The number of aromatic nitrogens is 2. The van der Waals surface area contributed by atoms with Gasteiger partial charge in [-0.1, -0.05) is 10.6 Å². The average Bonchev–Trinajstić information content (AvgIpc) is 3.00. The molecule has 0 unspecified atom stereocenters. The lowest BCUT2D eigenvalue weighted by atomic mass is 10.3. The first-order valence-corrected chi connectivity index (χ1v) is 6.93. The van der Waals surface area contributed by atoms with Gasteiger partial charge in [-0.15, -0.1) is 5.10 Å². The molecule has 2 aromatic rings. The van der Waals surface area contributed by atoms with Crippen LogP contribution >= 0.6 is 11.5 Å². The van der Waals surface area contributed by atoms with Crippen molar-refractivity contribution in [3.63, 3.8) is 0 Å². The van der Waals surface area contributed by atoms with Gasteiger partial charge in [0.1, 0.15) is 10.6 Å². The highest BCUT2D eigenvalue weighted by Gasteiger charge is 2.09. The molecule has 0 aliphatic rings. The molecule has 1 heterocycles. The Morgan fingerprint density at radius 1 is 1.38 bits per heavy atom. The van der Waals surface area contributed by atoms with Gasteiger partial charge >= 0.3 is 5.97 Å². The first-order chi connectivity index (χ1) is 10.2. The van der Waals surface area contributed by atoms with E-state index in [1.807, 2.05) is 0 Å². The van der Waals surface area contributed by atoms with E-state index in [2.05, 4.69) is 14.9 Å². The number of nitrogens with zero attached hydrogens (tertiary/aromatic N) is 2. The van der Waals surface area contributed by atoms with Crippen LogP contribution in [0.4, 0.5) is 5.69 Å². The van der Waals surface area contributed by atoms with Gasteiger partial charge in [-0.2, -0.15) is 0 Å². The van der Waals surface area contributed by atoms with Crippen LogP contribution < -0.4 is 10.1 Å². The van der Waals surface area contributed by atoms with Crippen molar-refractivity contribution in [1.29, 1.82) is 0 Å². The highest BCUT2D eigenvalue weighted by Crippen LogP contribution is 2.18. The predicted molar refractivity (Wildman–Crippen MR) is 76.4 cm³/mol. The molecule has 0 atom stereocenters. The summed E-state index contributed by atoms with van der Waals surface area (Å²) in [4.78, 5) is 23.5. The summed E-state index contributed by atoms with van der Waals surface area (Å²) in [6, 6.07) is 6.72. The second kappa shape index (κ2) is 7.34. The third-order valence-corrected chi connectivity index (χ3v) is 3.00. The number of ether oxygens (including phenoxy) is 2. The molecule has 0 saturated carbocycles. The molecule has 0 saturated heterocycles. The van der Waals surface area contributed by atoms with Crippen LogP contribution in [0.15, 0.2) is 30.5 Å². The number of carbonyl (C=O) groups is 2. The number of rotatable bonds is 6. The van der Waals surface area contributed by atoms with Gasteiger partial charge in [0.05, 0.1) is 12.8 Å². The number of nitrogens with one attached hydrogen (secondary N) is 1. The summed E-state index contributed by atoms with van der Waals surface area (Å²) < 4.78 is 13.7. The van der Waals surface area contributed by atoms with E-state index < -0.39 is 5.97 Å². The van der Waals surface area contributed by atoms with Gasteiger partial charge in [0.25, 0.3) is 5.91 Å². The minimum absolute atomic E-state index is 0.177. The molecule has 0 radical (unpaired) electrons. The second-order valence-corrected chi connectivity index (χ2v) is 4.64. The third-order valence-electron chi connectivity index (χ3n) is 2.34. The van der Waals surface area contributed by atoms with Crippen LogP contribution in [0.2, 0.25) is 0 Å². The SMILES string of the molecule is CCOC(=O)COc1cccc(NC(=O)c2cnns2)c1. The van der Waals surface area contributed by atoms with Crippen molar-refractivity contribution < 1.29 is 19.1 Å². The van der Waals surface area contributed by atoms with Gasteiger partial charge in [0.2, 0.25) is 0 Å². The van der Waals surface area contributed by atoms with E-state index in [-0.39, 0.29) is 12.5 Å². The minimum atomic E-state index is -0.442. The largest absolute Gasteiger partial charge is 0.482 e. The lowest BCUT2D eigenvalue weighted by molar-refractivity contribution is -0.145. The molecule has 21 heavy (non-hydrogen) atoms. The van der Waals surface area contributed by atoms with E-state index in [9.17, 15) is 9.59 Å². The minimum Gasteiger partial charge on any atom is -0.482 e. The first-order valence-electron chi connectivity index (χ1n) is 6.16. The second-order valence-electron chi connectivity index (χ2n) is 3.86. The summed E-state index contributed by atoms with van der Waals surface area (Å²) >= 11 is 1.01. The van der Waals surface area contributed by atoms with Crippen LogP contribution in [0.3, 0.4) is 0 Å². The maximum atomic E-state index is 11.8. The number of carbonyl (C=O) groups excluding carboxylic acids is 2. The monoisotopic (exact) mass is 307 g/mol. The zero-order valence-corrected chi connectivity index (χ0v) is 12.1. The van der Waals surface area contributed by atoms with Crippen LogP contribution in [0.1, 0.15) is 16.6 Å². The lowest BCUT2D eigenvalue weighted by Crippen LogP contribution is -2.15. The number of esters is 1. The molecule has 8 heteroatoms. The van der Waals surface area contributed by atoms with Crippen LogP contribution in [0, 0.1) is 0 Å². The topological polar surface area (TPSA) is 90.4 Å². The van der Waals surface area contributed by atoms with Crippen molar-refractivity contribution in [2.45, 2.75) is 6.92 Å². The van der Waals surface area contributed by atoms with Crippen molar-refractivity contribution >= 4 is 29.1 Å². The molecule has 1 amide bonds. The average molecular weight is 307 g/mol. The molecular formula is C13H13N3O4S. The summed E-state index contributed by atoms with van der Waals surface area (Å²) in [7, 11) is 0. The summed E-state index contributed by atoms with van der Waals surface area (Å²) in [6.45, 7) is 1.85. The van der Waals surface area contributed by atoms with Gasteiger partial charge in [-0.3, -0.25) is 4.79 Å². The zero-order valence-electron chi connectivity index (χ0n) is 11.2. The first kappa shape index (κ1) is 14.9. The molecular weight excluding hydrogens is 294 g/mol. The lowest BCUT2D eigenvalue weighted by Gasteiger charge is -2.08. The van der Waals surface area contributed by atoms with Crippen molar-refractivity contribution in [3.8, 4) is 5.75 Å². The van der Waals surface area contributed by atoms with Crippen LogP contribution in [0.5, 0.6) is 5.75 Å². The smallest absolute Gasteiger partial charge is 0.344 e. The Hall–Kier alpha value is -2.48. The maximum absolute atomic E-state index is 11.8. The Labute approximate surface area is 125 Å². The zero-order chi connectivity index (χ0) is 15.1. The Kier molecular flexibility index (Phi) is 5.22. The van der Waals surface area contributed by atoms with Crippen LogP contribution in [-0.2, 0) is 9.53 Å². The Balaban J connectivity index is 1.94. The standard InChI is InChI=1S/C13H13N3O4S/c1-2-19-12(17)8-20-10-5-3-4-9(6-10)15-13(18)11-7-14-16-21-11/h3-7H,2,8H2,1H3,(H,15,18). The molecule has 0 fully saturated rings. The molecule has 0 aliphatic carbocycles. The quantitative estimate of drug-likeness (QED) is 0.817. The molecule has 0 aliphatic heterocycles. The highest BCUT2D eigenvalue weighted by molar-refractivity contribution is 7.07. The van der Waals surface area contributed by atoms with Crippen LogP contribution in [-0.4, -0.2) is 34.7 Å². The molecule has 1 N–H and O–H groups in total. The molecule has 1 aromatic heterocycles. The van der Waals surface area contributed by atoms with Crippen molar-refractivity contribution in [2.24, 2.45) is 0 Å². The third kappa shape index (κ3) is 4.53. The van der Waals surface area contributed by atoms with Gasteiger partial charge in [-0.05, 0) is 30.6 Å². The Morgan fingerprint density at radius 3 is 2.95 bits per heavy atom. The Bertz CT molecular complexity index is 616. The number of hydrogen-bond donors (Lipinski definition) is 1. The van der Waals surface area contributed by atoms with E-state index in [0.717, 1.165) is 11.5 Å². The van der Waals surface area contributed by atoms with E-state index in [1.54, 1.807) is 31.2 Å². The summed E-state index contributed by atoms with van der Waals surface area (Å²) in [5.41, 5.74) is 0.551. The Morgan fingerprint density at radius 2 is 2.24 bits per heavy atom. The molecule has 0 bridgehead atoms. The molecule has 1 aromatic carbocycles. The molecule has 2 rings (SSSR count). The van der Waals surface area contributed by atoms with Crippen molar-refractivity contribution in [1.82, 2.24) is 9.59 Å². The summed E-state index contributed by atoms with van der Waals surface area (Å²) in [6.07, 6.45) is 1.39. The predicted octanol–water partition coefficient (Wildman–Crippen LogP) is 1.73. The normalized spacial score (nSPS) is 9.95. The maximum Gasteiger partial charge on any atom is 0.344 e. The highest BCUT2D eigenvalue weighted by atomic mass is 32.1. The van der Waals surface area contributed by atoms with Gasteiger partial charge in [-0.25, -0.2) is 4.79 Å². The van der Waals surface area contributed by atoms with Gasteiger partial charge in [0.15, 0.2) is 6.61 Å². The summed E-state index contributed by atoms with van der Waals surface area (Å²) in [5, 5.41) is 6.29. The number of hydrogen-bond acceptors (Lipinski definition) is 7. The van der Waals surface area contributed by atoms with E-state index >= 15 is 0 Å². The van der Waals surface area contributed by atoms with E-state index in [4.69, 9.17) is 9.47 Å². The molecule has 0 spiro atoms. The number of anilines is 1. The fourth-order valence-electron chi connectivity index (χ4n) is 1.47. The fourth-order valence-corrected chi connectivity index (χ4v) is 1.88. The molecule has 110 valence electrons.